The van der Waals surface area contributed by atoms with Crippen molar-refractivity contribution in [2.45, 2.75) is 36.9 Å². The number of imidazole rings is 1. The second-order valence-corrected chi connectivity index (χ2v) is 8.54. The van der Waals surface area contributed by atoms with Crippen LogP contribution in [-0.2, 0) is 21.5 Å². The van der Waals surface area contributed by atoms with E-state index in [1.54, 1.807) is 12.1 Å². The molecule has 1 aromatic heterocycles. The van der Waals surface area contributed by atoms with Gasteiger partial charge in [-0.2, -0.15) is 0 Å². The predicted octanol–water partition coefficient (Wildman–Crippen LogP) is 4.15. The molecule has 2 aromatic carbocycles. The Bertz CT molecular complexity index is 1030. The van der Waals surface area contributed by atoms with Gasteiger partial charge in [-0.25, -0.2) is 9.37 Å². The molecule has 30 heavy (non-hydrogen) atoms. The zero-order valence-corrected chi connectivity index (χ0v) is 17.9. The van der Waals surface area contributed by atoms with Crippen LogP contribution in [0, 0.1) is 5.82 Å². The predicted molar refractivity (Wildman–Crippen MR) is 117 cm³/mol. The fraction of sp³-hybridized carbons (Fsp3) is 0.391. The molecule has 2 heterocycles. The first-order valence-electron chi connectivity index (χ1n) is 10.3. The molecule has 0 radical (unpaired) electrons. The number of aryl methyl sites for hydroxylation is 1. The van der Waals surface area contributed by atoms with Crippen molar-refractivity contribution in [1.29, 1.82) is 0 Å². The van der Waals surface area contributed by atoms with Gasteiger partial charge >= 0.3 is 0 Å². The molecule has 158 valence electrons. The summed E-state index contributed by atoms with van der Waals surface area (Å²) in [5, 5.41) is 3.92. The maximum Gasteiger partial charge on any atom is 0.230 e. The lowest BCUT2D eigenvalue weighted by atomic mass is 9.74. The van der Waals surface area contributed by atoms with E-state index in [2.05, 4.69) is 21.8 Å². The molecule has 4 rings (SSSR count). The standard InChI is InChI=1S/C23H26FN3O2S/c1-2-27-20-9-4-3-8-19(20)26-22(27)30-15-21(28)25-16-23(10-12-29-13-11-23)17-6-5-7-18(24)14-17/h3-9,14H,2,10-13,15-16H2,1H3,(H,25,28). The number of ether oxygens (including phenoxy) is 1. The second-order valence-electron chi connectivity index (χ2n) is 7.60. The van der Waals surface area contributed by atoms with E-state index in [0.29, 0.717) is 25.5 Å². The number of nitrogens with one attached hydrogen (secondary N) is 1. The fourth-order valence-electron chi connectivity index (χ4n) is 4.07. The number of para-hydroxylation sites is 2. The SMILES string of the molecule is CCn1c(SCC(=O)NCC2(c3cccc(F)c3)CCOCC2)nc2ccccc21. The van der Waals surface area contributed by atoms with Crippen molar-refractivity contribution in [3.05, 3.63) is 59.9 Å². The van der Waals surface area contributed by atoms with Crippen LogP contribution in [0.1, 0.15) is 25.3 Å². The van der Waals surface area contributed by atoms with Crippen LogP contribution >= 0.6 is 11.8 Å². The van der Waals surface area contributed by atoms with E-state index in [9.17, 15) is 9.18 Å². The molecule has 1 fully saturated rings. The average Bonchev–Trinajstić information content (AvgIpc) is 3.14. The molecule has 0 spiro atoms. The first kappa shape index (κ1) is 20.9. The van der Waals surface area contributed by atoms with Gasteiger partial charge in [0.05, 0.1) is 16.8 Å². The van der Waals surface area contributed by atoms with Crippen LogP contribution in [-0.4, -0.2) is 41.0 Å². The highest BCUT2D eigenvalue weighted by molar-refractivity contribution is 7.99. The van der Waals surface area contributed by atoms with Crippen molar-refractivity contribution in [3.8, 4) is 0 Å². The van der Waals surface area contributed by atoms with Gasteiger partial charge in [-0.05, 0) is 49.6 Å². The maximum atomic E-state index is 13.8. The number of hydrogen-bond acceptors (Lipinski definition) is 4. The first-order valence-corrected chi connectivity index (χ1v) is 11.3. The van der Waals surface area contributed by atoms with E-state index in [4.69, 9.17) is 4.74 Å². The molecule has 0 unspecified atom stereocenters. The van der Waals surface area contributed by atoms with Crippen LogP contribution in [0.15, 0.2) is 53.7 Å². The summed E-state index contributed by atoms with van der Waals surface area (Å²) in [7, 11) is 0. The van der Waals surface area contributed by atoms with Crippen molar-refractivity contribution >= 4 is 28.7 Å². The third-order valence-corrected chi connectivity index (χ3v) is 6.76. The minimum absolute atomic E-state index is 0.0445. The van der Waals surface area contributed by atoms with Gasteiger partial charge in [0, 0.05) is 31.7 Å². The molecular weight excluding hydrogens is 401 g/mol. The first-order chi connectivity index (χ1) is 14.6. The molecule has 1 aliphatic rings. The lowest BCUT2D eigenvalue weighted by molar-refractivity contribution is -0.119. The largest absolute Gasteiger partial charge is 0.381 e. The van der Waals surface area contributed by atoms with Gasteiger partial charge in [-0.3, -0.25) is 4.79 Å². The lowest BCUT2D eigenvalue weighted by Crippen LogP contribution is -2.45. The number of rotatable bonds is 7. The van der Waals surface area contributed by atoms with E-state index in [0.717, 1.165) is 41.1 Å². The van der Waals surface area contributed by atoms with Gasteiger partial charge in [-0.15, -0.1) is 0 Å². The Morgan fingerprint density at radius 2 is 2.03 bits per heavy atom. The van der Waals surface area contributed by atoms with Crippen LogP contribution < -0.4 is 5.32 Å². The molecule has 3 aromatic rings. The van der Waals surface area contributed by atoms with Crippen LogP contribution in [0.25, 0.3) is 11.0 Å². The summed E-state index contributed by atoms with van der Waals surface area (Å²) >= 11 is 1.44. The molecule has 0 saturated carbocycles. The third-order valence-electron chi connectivity index (χ3n) is 5.78. The molecule has 0 atom stereocenters. The number of benzene rings is 2. The van der Waals surface area contributed by atoms with E-state index in [-0.39, 0.29) is 17.1 Å². The van der Waals surface area contributed by atoms with Gasteiger partial charge in [0.2, 0.25) is 5.91 Å². The Balaban J connectivity index is 1.42. The number of halogens is 1. The number of aromatic nitrogens is 2. The van der Waals surface area contributed by atoms with Crippen LogP contribution in [0.3, 0.4) is 0 Å². The molecular formula is C23H26FN3O2S. The summed E-state index contributed by atoms with van der Waals surface area (Å²) in [5.74, 6) is -0.00492. The van der Waals surface area contributed by atoms with Crippen molar-refractivity contribution in [3.63, 3.8) is 0 Å². The smallest absolute Gasteiger partial charge is 0.230 e. The van der Waals surface area contributed by atoms with Gasteiger partial charge < -0.3 is 14.6 Å². The van der Waals surface area contributed by atoms with E-state index in [1.807, 2.05) is 30.3 Å². The Labute approximate surface area is 180 Å². The number of carbonyl (C=O) groups excluding carboxylic acids is 1. The zero-order chi connectivity index (χ0) is 21.0. The number of thioether (sulfide) groups is 1. The molecule has 5 nitrogen and oxygen atoms in total. The summed E-state index contributed by atoms with van der Waals surface area (Å²) in [6, 6.07) is 14.7. The highest BCUT2D eigenvalue weighted by atomic mass is 32.2. The zero-order valence-electron chi connectivity index (χ0n) is 17.1. The van der Waals surface area contributed by atoms with Crippen molar-refractivity contribution in [2.75, 3.05) is 25.5 Å². The van der Waals surface area contributed by atoms with Crippen LogP contribution in [0.2, 0.25) is 0 Å². The Hall–Kier alpha value is -2.38. The minimum Gasteiger partial charge on any atom is -0.381 e. The van der Waals surface area contributed by atoms with Crippen LogP contribution in [0.5, 0.6) is 0 Å². The van der Waals surface area contributed by atoms with Gasteiger partial charge in [-0.1, -0.05) is 36.0 Å². The van der Waals surface area contributed by atoms with Crippen LogP contribution in [0.4, 0.5) is 4.39 Å². The topological polar surface area (TPSA) is 56.2 Å². The molecule has 1 saturated heterocycles. The highest BCUT2D eigenvalue weighted by Crippen LogP contribution is 2.34. The fourth-order valence-corrected chi connectivity index (χ4v) is 4.97. The second kappa shape index (κ2) is 9.18. The summed E-state index contributed by atoms with van der Waals surface area (Å²) in [6.45, 7) is 4.58. The minimum atomic E-state index is -0.294. The molecule has 1 N–H and O–H groups in total. The summed E-state index contributed by atoms with van der Waals surface area (Å²) < 4.78 is 21.5. The summed E-state index contributed by atoms with van der Waals surface area (Å²) in [4.78, 5) is 17.3. The molecule has 1 amide bonds. The highest BCUT2D eigenvalue weighted by Gasteiger charge is 2.35. The Morgan fingerprint density at radius 3 is 2.80 bits per heavy atom. The van der Waals surface area contributed by atoms with E-state index < -0.39 is 0 Å². The molecule has 0 bridgehead atoms. The maximum absolute atomic E-state index is 13.8. The number of fused-ring (bicyclic) bond motifs is 1. The van der Waals surface area contributed by atoms with E-state index in [1.165, 1.54) is 17.8 Å². The number of hydrogen-bond donors (Lipinski definition) is 1. The number of carbonyl (C=O) groups is 1. The number of amides is 1. The Kier molecular flexibility index (Phi) is 6.39. The Morgan fingerprint density at radius 1 is 1.23 bits per heavy atom. The van der Waals surface area contributed by atoms with Crippen molar-refractivity contribution in [2.24, 2.45) is 0 Å². The normalized spacial score (nSPS) is 15.9. The average molecular weight is 428 g/mol. The van der Waals surface area contributed by atoms with E-state index >= 15 is 0 Å². The van der Waals surface area contributed by atoms with Gasteiger partial charge in [0.15, 0.2) is 5.16 Å². The van der Waals surface area contributed by atoms with Crippen molar-refractivity contribution in [1.82, 2.24) is 14.9 Å². The summed E-state index contributed by atoms with van der Waals surface area (Å²) in [5.41, 5.74) is 2.65. The van der Waals surface area contributed by atoms with Crippen molar-refractivity contribution < 1.29 is 13.9 Å². The molecule has 1 aliphatic heterocycles. The van der Waals surface area contributed by atoms with Gasteiger partial charge in [0.25, 0.3) is 0 Å². The third kappa shape index (κ3) is 4.37. The molecule has 0 aliphatic carbocycles. The number of nitrogens with zero attached hydrogens (tertiary/aromatic N) is 2. The monoisotopic (exact) mass is 427 g/mol. The summed E-state index contributed by atoms with van der Waals surface area (Å²) in [6.07, 6.45) is 1.52. The lowest BCUT2D eigenvalue weighted by Gasteiger charge is -2.38. The quantitative estimate of drug-likeness (QED) is 0.576. The van der Waals surface area contributed by atoms with Gasteiger partial charge in [0.1, 0.15) is 5.82 Å². The molecule has 7 heteroatoms.